The summed E-state index contributed by atoms with van der Waals surface area (Å²) in [4.78, 5) is 15.0. The normalized spacial score (nSPS) is 11.7. The summed E-state index contributed by atoms with van der Waals surface area (Å²) in [7, 11) is 0. The number of fused-ring (bicyclic) bond motifs is 8. The predicted molar refractivity (Wildman–Crippen MR) is 181 cm³/mol. The van der Waals surface area contributed by atoms with Crippen LogP contribution >= 0.6 is 0 Å². The summed E-state index contributed by atoms with van der Waals surface area (Å²) in [5, 5.41) is 10.3. The van der Waals surface area contributed by atoms with Gasteiger partial charge in [0, 0.05) is 0 Å². The Bertz CT molecular complexity index is 2510. The number of aromatic nitrogens is 3. The van der Waals surface area contributed by atoms with Crippen molar-refractivity contribution in [2.24, 2.45) is 0 Å². The molecular formula is C39H23N3Se. The second kappa shape index (κ2) is 9.71. The first kappa shape index (κ1) is 24.4. The van der Waals surface area contributed by atoms with E-state index in [1.807, 2.05) is 18.2 Å². The number of nitrogens with zero attached hydrogens (tertiary/aromatic N) is 3. The summed E-state index contributed by atoms with van der Waals surface area (Å²) in [6, 6.07) is 49.5. The fourth-order valence-electron chi connectivity index (χ4n) is 6.14. The topological polar surface area (TPSA) is 38.7 Å². The third kappa shape index (κ3) is 4.07. The van der Waals surface area contributed by atoms with Gasteiger partial charge in [0.05, 0.1) is 0 Å². The molecule has 0 N–H and O–H groups in total. The standard InChI is InChI=1S/C39H23N3Se/c1-2-10-27(11-3-1)37-40-38(29-17-14-24-8-4-5-12-28(24)22-29)42-39(41-37)30-19-20-32-33-21-18-26-16-15-25-9-6-7-13-31(25)35(26)36(33)43-34(32)23-30/h1-23H. The van der Waals surface area contributed by atoms with Gasteiger partial charge in [-0.1, -0.05) is 0 Å². The van der Waals surface area contributed by atoms with Crippen molar-refractivity contribution < 1.29 is 0 Å². The fraction of sp³-hybridized carbons (Fsp3) is 0. The van der Waals surface area contributed by atoms with Gasteiger partial charge in [-0.3, -0.25) is 0 Å². The molecule has 9 rings (SSSR count). The predicted octanol–water partition coefficient (Wildman–Crippen LogP) is 9.70. The summed E-state index contributed by atoms with van der Waals surface area (Å²) < 4.78 is 2.83. The Morgan fingerprint density at radius 2 is 0.953 bits per heavy atom. The molecule has 2 aromatic heterocycles. The monoisotopic (exact) mass is 613 g/mol. The molecule has 0 aliphatic rings. The molecule has 9 aromatic rings. The van der Waals surface area contributed by atoms with Gasteiger partial charge in [0.25, 0.3) is 0 Å². The van der Waals surface area contributed by atoms with Crippen molar-refractivity contribution in [1.29, 1.82) is 0 Å². The van der Waals surface area contributed by atoms with Crippen molar-refractivity contribution in [2.45, 2.75) is 0 Å². The van der Waals surface area contributed by atoms with Gasteiger partial charge in [-0.05, 0) is 0 Å². The average Bonchev–Trinajstić information content (AvgIpc) is 3.46. The van der Waals surface area contributed by atoms with Gasteiger partial charge in [-0.15, -0.1) is 0 Å². The van der Waals surface area contributed by atoms with Gasteiger partial charge < -0.3 is 0 Å². The molecule has 7 aromatic carbocycles. The molecule has 0 aliphatic heterocycles. The van der Waals surface area contributed by atoms with Crippen molar-refractivity contribution in [3.8, 4) is 34.2 Å². The second-order valence-electron chi connectivity index (χ2n) is 10.9. The molecule has 0 spiro atoms. The average molecular weight is 613 g/mol. The van der Waals surface area contributed by atoms with Crippen LogP contribution in [0.3, 0.4) is 0 Å². The maximum absolute atomic E-state index is 5.06. The van der Waals surface area contributed by atoms with Crippen LogP contribution in [0.15, 0.2) is 140 Å². The number of hydrogen-bond donors (Lipinski definition) is 0. The van der Waals surface area contributed by atoms with E-state index in [9.17, 15) is 0 Å². The van der Waals surface area contributed by atoms with E-state index in [-0.39, 0.29) is 14.5 Å². The van der Waals surface area contributed by atoms with Crippen LogP contribution in [-0.2, 0) is 0 Å². The van der Waals surface area contributed by atoms with Gasteiger partial charge >= 0.3 is 255 Å². The van der Waals surface area contributed by atoms with E-state index in [4.69, 9.17) is 15.0 Å². The molecule has 0 fully saturated rings. The van der Waals surface area contributed by atoms with Gasteiger partial charge in [0.2, 0.25) is 0 Å². The molecule has 0 saturated carbocycles. The van der Waals surface area contributed by atoms with Gasteiger partial charge in [-0.2, -0.15) is 0 Å². The molecule has 0 radical (unpaired) electrons. The van der Waals surface area contributed by atoms with E-state index in [1.165, 1.54) is 51.6 Å². The van der Waals surface area contributed by atoms with Crippen LogP contribution in [0.5, 0.6) is 0 Å². The van der Waals surface area contributed by atoms with Gasteiger partial charge in [0.15, 0.2) is 0 Å². The molecule has 0 bridgehead atoms. The minimum absolute atomic E-state index is 0.167. The first-order chi connectivity index (χ1) is 21.3. The Morgan fingerprint density at radius 1 is 0.372 bits per heavy atom. The minimum atomic E-state index is 0.167. The first-order valence-corrected chi connectivity index (χ1v) is 16.1. The van der Waals surface area contributed by atoms with Crippen molar-refractivity contribution in [1.82, 2.24) is 15.0 Å². The third-order valence-electron chi connectivity index (χ3n) is 8.28. The van der Waals surface area contributed by atoms with Crippen LogP contribution in [0, 0.1) is 0 Å². The molecule has 0 saturated heterocycles. The quantitative estimate of drug-likeness (QED) is 0.147. The van der Waals surface area contributed by atoms with Crippen LogP contribution in [0.2, 0.25) is 0 Å². The molecule has 4 heteroatoms. The zero-order valence-corrected chi connectivity index (χ0v) is 24.7. The molecule has 3 nitrogen and oxygen atoms in total. The van der Waals surface area contributed by atoms with Crippen LogP contribution in [0.4, 0.5) is 0 Å². The third-order valence-corrected chi connectivity index (χ3v) is 10.8. The Morgan fingerprint density at radius 3 is 1.79 bits per heavy atom. The van der Waals surface area contributed by atoms with Crippen LogP contribution < -0.4 is 0 Å². The number of hydrogen-bond acceptors (Lipinski definition) is 3. The number of rotatable bonds is 3. The zero-order valence-electron chi connectivity index (χ0n) is 23.0. The van der Waals surface area contributed by atoms with Crippen molar-refractivity contribution >= 4 is 66.1 Å². The van der Waals surface area contributed by atoms with Crippen molar-refractivity contribution in [2.75, 3.05) is 0 Å². The van der Waals surface area contributed by atoms with E-state index in [1.54, 1.807) is 0 Å². The Labute approximate surface area is 253 Å². The molecule has 200 valence electrons. The number of benzene rings is 7. The summed E-state index contributed by atoms with van der Waals surface area (Å²) in [6.07, 6.45) is 0. The molecule has 0 atom stereocenters. The zero-order chi connectivity index (χ0) is 28.3. The Kier molecular flexibility index (Phi) is 5.52. The van der Waals surface area contributed by atoms with E-state index in [0.29, 0.717) is 17.5 Å². The summed E-state index contributed by atoms with van der Waals surface area (Å²) in [5.74, 6) is 2.06. The van der Waals surface area contributed by atoms with E-state index in [2.05, 4.69) is 121 Å². The molecule has 2 heterocycles. The SMILES string of the molecule is c1ccc(-c2nc(-c3ccc4ccccc4c3)nc(-c3ccc4c(c3)[se]c3c4ccc4ccc5ccccc5c43)n2)cc1. The molecule has 43 heavy (non-hydrogen) atoms. The molecule has 0 unspecified atom stereocenters. The molecular weight excluding hydrogens is 589 g/mol. The first-order valence-electron chi connectivity index (χ1n) is 14.4. The van der Waals surface area contributed by atoms with Crippen molar-refractivity contribution in [3.63, 3.8) is 0 Å². The molecule has 0 aliphatic carbocycles. The summed E-state index contributed by atoms with van der Waals surface area (Å²) in [6.45, 7) is 0. The Hall–Kier alpha value is -5.15. The van der Waals surface area contributed by atoms with Crippen LogP contribution in [0.1, 0.15) is 0 Å². The van der Waals surface area contributed by atoms with Gasteiger partial charge in [0.1, 0.15) is 0 Å². The van der Waals surface area contributed by atoms with E-state index < -0.39 is 0 Å². The van der Waals surface area contributed by atoms with Gasteiger partial charge in [-0.25, -0.2) is 0 Å². The van der Waals surface area contributed by atoms with E-state index in [0.717, 1.165) is 16.7 Å². The Balaban J connectivity index is 1.26. The second-order valence-corrected chi connectivity index (χ2v) is 13.1. The maximum atomic E-state index is 5.06. The van der Waals surface area contributed by atoms with Crippen molar-refractivity contribution in [3.05, 3.63) is 140 Å². The van der Waals surface area contributed by atoms with Crippen LogP contribution in [0.25, 0.3) is 85.8 Å². The summed E-state index contributed by atoms with van der Waals surface area (Å²) in [5.41, 5.74) is 2.98. The summed E-state index contributed by atoms with van der Waals surface area (Å²) >= 11 is 0.167. The molecule has 0 amide bonds. The fourth-order valence-corrected chi connectivity index (χ4v) is 8.89. The van der Waals surface area contributed by atoms with Crippen LogP contribution in [-0.4, -0.2) is 29.5 Å². The van der Waals surface area contributed by atoms with E-state index >= 15 is 0 Å².